The van der Waals surface area contributed by atoms with Gasteiger partial charge in [0.05, 0.1) is 11.0 Å². The molecule has 18 heavy (non-hydrogen) atoms. The maximum Gasteiger partial charge on any atom is 0.317 e. The fourth-order valence-electron chi connectivity index (χ4n) is 1.99. The Morgan fingerprint density at radius 2 is 1.28 bits per heavy atom. The van der Waals surface area contributed by atoms with Crippen molar-refractivity contribution in [3.8, 4) is 0 Å². The monoisotopic (exact) mass is 242 g/mol. The Kier molecular flexibility index (Phi) is 3.28. The van der Waals surface area contributed by atoms with Crippen molar-refractivity contribution in [2.24, 2.45) is 0 Å². The van der Waals surface area contributed by atoms with Crippen molar-refractivity contribution in [1.82, 2.24) is 9.13 Å². The highest BCUT2D eigenvalue weighted by molar-refractivity contribution is 5.75. The molecule has 0 fully saturated rings. The average molecular weight is 242 g/mol. The van der Waals surface area contributed by atoms with E-state index in [1.807, 2.05) is 24.3 Å². The third-order valence-electron chi connectivity index (χ3n) is 2.76. The molecule has 2 rings (SSSR count). The molecule has 1 heterocycles. The standard InChI is InChI=1S/C14H14N2O2/c1-3-9-15-11-7-5-6-8-12(11)16(10-4-2)14(18)13(15)17/h3-8H,1-2,9-10H2. The molecule has 0 saturated carbocycles. The summed E-state index contributed by atoms with van der Waals surface area (Å²) < 4.78 is 2.87. The van der Waals surface area contributed by atoms with E-state index in [0.717, 1.165) is 11.0 Å². The Morgan fingerprint density at radius 3 is 1.61 bits per heavy atom. The van der Waals surface area contributed by atoms with E-state index in [0.29, 0.717) is 13.1 Å². The molecule has 1 aromatic carbocycles. The van der Waals surface area contributed by atoms with Crippen LogP contribution in [0.3, 0.4) is 0 Å². The van der Waals surface area contributed by atoms with Crippen molar-refractivity contribution in [2.45, 2.75) is 13.1 Å². The largest absolute Gasteiger partial charge is 0.317 e. The Balaban J connectivity index is 2.96. The topological polar surface area (TPSA) is 44.0 Å². The van der Waals surface area contributed by atoms with Crippen molar-refractivity contribution < 1.29 is 0 Å². The average Bonchev–Trinajstić information content (AvgIpc) is 2.40. The molecule has 0 radical (unpaired) electrons. The maximum absolute atomic E-state index is 12.0. The van der Waals surface area contributed by atoms with E-state index in [-0.39, 0.29) is 0 Å². The lowest BCUT2D eigenvalue weighted by atomic mass is 10.2. The molecule has 2 aromatic rings. The first-order valence-electron chi connectivity index (χ1n) is 5.65. The van der Waals surface area contributed by atoms with E-state index < -0.39 is 11.1 Å². The van der Waals surface area contributed by atoms with Crippen LogP contribution in [0, 0.1) is 0 Å². The minimum absolute atomic E-state index is 0.323. The molecule has 0 amide bonds. The summed E-state index contributed by atoms with van der Waals surface area (Å²) in [6, 6.07) is 7.31. The number of aromatic nitrogens is 2. The quantitative estimate of drug-likeness (QED) is 0.603. The molecule has 0 aliphatic heterocycles. The van der Waals surface area contributed by atoms with Crippen LogP contribution >= 0.6 is 0 Å². The molecule has 0 atom stereocenters. The van der Waals surface area contributed by atoms with E-state index in [2.05, 4.69) is 13.2 Å². The molecule has 0 aliphatic rings. The summed E-state index contributed by atoms with van der Waals surface area (Å²) in [7, 11) is 0. The van der Waals surface area contributed by atoms with Gasteiger partial charge in [-0.2, -0.15) is 0 Å². The second-order valence-electron chi connectivity index (χ2n) is 3.90. The SMILES string of the molecule is C=CCn1c(=O)c(=O)n(CC=C)c2ccccc21. The Morgan fingerprint density at radius 1 is 0.889 bits per heavy atom. The van der Waals surface area contributed by atoms with E-state index in [9.17, 15) is 9.59 Å². The van der Waals surface area contributed by atoms with Gasteiger partial charge in [0.25, 0.3) is 0 Å². The lowest BCUT2D eigenvalue weighted by Gasteiger charge is -2.12. The normalized spacial score (nSPS) is 10.4. The predicted molar refractivity (Wildman–Crippen MR) is 72.9 cm³/mol. The van der Waals surface area contributed by atoms with Crippen molar-refractivity contribution in [1.29, 1.82) is 0 Å². The van der Waals surface area contributed by atoms with Crippen LogP contribution in [-0.4, -0.2) is 9.13 Å². The lowest BCUT2D eigenvalue weighted by molar-refractivity contribution is 0.729. The number of para-hydroxylation sites is 2. The summed E-state index contributed by atoms with van der Waals surface area (Å²) >= 11 is 0. The fourth-order valence-corrected chi connectivity index (χ4v) is 1.99. The van der Waals surface area contributed by atoms with Gasteiger partial charge in [-0.25, -0.2) is 0 Å². The van der Waals surface area contributed by atoms with Crippen LogP contribution in [0.15, 0.2) is 59.2 Å². The number of hydrogen-bond acceptors (Lipinski definition) is 2. The first-order chi connectivity index (χ1) is 8.70. The van der Waals surface area contributed by atoms with Gasteiger partial charge in [-0.15, -0.1) is 13.2 Å². The summed E-state index contributed by atoms with van der Waals surface area (Å²) in [6.07, 6.45) is 3.20. The molecule has 0 spiro atoms. The third-order valence-corrected chi connectivity index (χ3v) is 2.76. The predicted octanol–water partition coefficient (Wildman–Crippen LogP) is 1.54. The van der Waals surface area contributed by atoms with Crippen LogP contribution in [-0.2, 0) is 13.1 Å². The highest BCUT2D eigenvalue weighted by Gasteiger charge is 2.10. The first kappa shape index (κ1) is 12.1. The van der Waals surface area contributed by atoms with Crippen molar-refractivity contribution in [2.75, 3.05) is 0 Å². The number of fused-ring (bicyclic) bond motifs is 1. The van der Waals surface area contributed by atoms with Gasteiger partial charge in [0.2, 0.25) is 0 Å². The molecule has 4 nitrogen and oxygen atoms in total. The zero-order chi connectivity index (χ0) is 13.1. The number of hydrogen-bond donors (Lipinski definition) is 0. The molecule has 0 aliphatic carbocycles. The molecular formula is C14H14N2O2. The van der Waals surface area contributed by atoms with Crippen LogP contribution in [0.1, 0.15) is 0 Å². The summed E-state index contributed by atoms with van der Waals surface area (Å²) in [4.78, 5) is 24.0. The van der Waals surface area contributed by atoms with Crippen LogP contribution in [0.25, 0.3) is 11.0 Å². The van der Waals surface area contributed by atoms with Crippen LogP contribution in [0.2, 0.25) is 0 Å². The van der Waals surface area contributed by atoms with Gasteiger partial charge in [0.1, 0.15) is 0 Å². The molecule has 0 bridgehead atoms. The highest BCUT2D eigenvalue weighted by Crippen LogP contribution is 2.10. The van der Waals surface area contributed by atoms with E-state index in [1.165, 1.54) is 9.13 Å². The van der Waals surface area contributed by atoms with E-state index >= 15 is 0 Å². The molecule has 0 saturated heterocycles. The Hall–Kier alpha value is -2.36. The zero-order valence-corrected chi connectivity index (χ0v) is 10.0. The minimum atomic E-state index is -0.532. The second kappa shape index (κ2) is 4.87. The van der Waals surface area contributed by atoms with Crippen LogP contribution in [0.5, 0.6) is 0 Å². The van der Waals surface area contributed by atoms with Crippen LogP contribution < -0.4 is 11.1 Å². The zero-order valence-electron chi connectivity index (χ0n) is 10.0. The summed E-state index contributed by atoms with van der Waals surface area (Å²) in [6.45, 7) is 7.86. The van der Waals surface area contributed by atoms with Crippen molar-refractivity contribution in [3.63, 3.8) is 0 Å². The number of rotatable bonds is 4. The second-order valence-corrected chi connectivity index (χ2v) is 3.90. The van der Waals surface area contributed by atoms with E-state index in [4.69, 9.17) is 0 Å². The highest BCUT2D eigenvalue weighted by atomic mass is 16.2. The summed E-state index contributed by atoms with van der Waals surface area (Å²) in [5.41, 5.74) is 0.388. The van der Waals surface area contributed by atoms with Gasteiger partial charge in [0, 0.05) is 13.1 Å². The van der Waals surface area contributed by atoms with Gasteiger partial charge in [-0.3, -0.25) is 18.7 Å². The Bertz CT molecular complexity index is 660. The molecule has 92 valence electrons. The van der Waals surface area contributed by atoms with Crippen LogP contribution in [0.4, 0.5) is 0 Å². The number of nitrogens with zero attached hydrogens (tertiary/aromatic N) is 2. The van der Waals surface area contributed by atoms with Gasteiger partial charge in [-0.1, -0.05) is 24.3 Å². The number of allylic oxidation sites excluding steroid dienone is 2. The lowest BCUT2D eigenvalue weighted by Crippen LogP contribution is -2.41. The fraction of sp³-hybridized carbons (Fsp3) is 0.143. The molecule has 4 heteroatoms. The molecule has 1 aromatic heterocycles. The molecule has 0 unspecified atom stereocenters. The first-order valence-corrected chi connectivity index (χ1v) is 5.65. The molecular weight excluding hydrogens is 228 g/mol. The smallest absolute Gasteiger partial charge is 0.298 e. The van der Waals surface area contributed by atoms with Gasteiger partial charge >= 0.3 is 11.1 Å². The molecule has 0 N–H and O–H groups in total. The van der Waals surface area contributed by atoms with Crippen molar-refractivity contribution in [3.05, 3.63) is 70.3 Å². The minimum Gasteiger partial charge on any atom is -0.298 e. The van der Waals surface area contributed by atoms with Gasteiger partial charge in [0.15, 0.2) is 0 Å². The maximum atomic E-state index is 12.0. The van der Waals surface area contributed by atoms with Crippen molar-refractivity contribution >= 4 is 11.0 Å². The van der Waals surface area contributed by atoms with Gasteiger partial charge in [-0.05, 0) is 12.1 Å². The Labute approximate surface area is 104 Å². The third kappa shape index (κ3) is 1.82. The van der Waals surface area contributed by atoms with E-state index in [1.54, 1.807) is 12.2 Å². The van der Waals surface area contributed by atoms with Gasteiger partial charge < -0.3 is 0 Å². The summed E-state index contributed by atoms with van der Waals surface area (Å²) in [5, 5.41) is 0. The number of benzene rings is 1. The summed E-state index contributed by atoms with van der Waals surface area (Å²) in [5.74, 6) is 0.